The van der Waals surface area contributed by atoms with Crippen molar-refractivity contribution in [3.8, 4) is 0 Å². The molecule has 5 heteroatoms. The van der Waals surface area contributed by atoms with E-state index in [1.54, 1.807) is 12.1 Å². The maximum Gasteiger partial charge on any atom is 0.168 e. The van der Waals surface area contributed by atoms with Gasteiger partial charge in [-0.15, -0.1) is 0 Å². The highest BCUT2D eigenvalue weighted by Gasteiger charge is 2.13. The number of rotatable bonds is 3. The monoisotopic (exact) mass is 448 g/mol. The average Bonchev–Trinajstić information content (AvgIpc) is 2.35. The van der Waals surface area contributed by atoms with E-state index in [9.17, 15) is 9.18 Å². The summed E-state index contributed by atoms with van der Waals surface area (Å²) in [7, 11) is 0. The van der Waals surface area contributed by atoms with Crippen LogP contribution in [-0.2, 0) is 6.42 Å². The Hall–Kier alpha value is -0.520. The second kappa shape index (κ2) is 6.29. The normalized spacial score (nSPS) is 10.5. The molecule has 0 aliphatic heterocycles. The van der Waals surface area contributed by atoms with Crippen LogP contribution >= 0.6 is 47.8 Å². The van der Waals surface area contributed by atoms with Crippen LogP contribution < -0.4 is 0 Å². The minimum Gasteiger partial charge on any atom is -0.294 e. The van der Waals surface area contributed by atoms with E-state index in [2.05, 4.69) is 47.8 Å². The Labute approximate surface area is 135 Å². The van der Waals surface area contributed by atoms with Crippen molar-refractivity contribution in [3.63, 3.8) is 0 Å². The highest BCUT2D eigenvalue weighted by atomic mass is 79.9. The maximum absolute atomic E-state index is 13.0. The van der Waals surface area contributed by atoms with Gasteiger partial charge in [0.25, 0.3) is 0 Å². The number of halogens is 4. The SMILES string of the molecule is O=C(Cc1ccc(F)cc1Br)c1cc(Br)ccc1Br. The molecule has 0 N–H and O–H groups in total. The van der Waals surface area contributed by atoms with Gasteiger partial charge >= 0.3 is 0 Å². The van der Waals surface area contributed by atoms with Crippen LogP contribution in [0.15, 0.2) is 49.8 Å². The van der Waals surface area contributed by atoms with Gasteiger partial charge in [0.15, 0.2) is 5.78 Å². The molecular weight excluding hydrogens is 443 g/mol. The summed E-state index contributed by atoms with van der Waals surface area (Å²) in [5.74, 6) is -0.354. The van der Waals surface area contributed by atoms with Gasteiger partial charge in [0.05, 0.1) is 0 Å². The van der Waals surface area contributed by atoms with Crippen LogP contribution in [-0.4, -0.2) is 5.78 Å². The first-order chi connectivity index (χ1) is 8.97. The second-order valence-electron chi connectivity index (χ2n) is 3.96. The summed E-state index contributed by atoms with van der Waals surface area (Å²) in [6.07, 6.45) is 0.218. The van der Waals surface area contributed by atoms with Crippen LogP contribution in [0, 0.1) is 5.82 Å². The van der Waals surface area contributed by atoms with Gasteiger partial charge in [-0.2, -0.15) is 0 Å². The molecule has 2 rings (SSSR count). The Morgan fingerprint density at radius 2 is 1.74 bits per heavy atom. The van der Waals surface area contributed by atoms with Gasteiger partial charge in [-0.25, -0.2) is 4.39 Å². The number of Topliss-reactive ketones (excluding diaryl/α,β-unsaturated/α-hetero) is 1. The van der Waals surface area contributed by atoms with Gasteiger partial charge in [0.2, 0.25) is 0 Å². The quantitative estimate of drug-likeness (QED) is 0.561. The molecule has 98 valence electrons. The van der Waals surface area contributed by atoms with Gasteiger partial charge < -0.3 is 0 Å². The molecule has 0 radical (unpaired) electrons. The number of carbonyl (C=O) groups excluding carboxylic acids is 1. The van der Waals surface area contributed by atoms with Gasteiger partial charge in [0, 0.05) is 25.4 Å². The molecule has 1 nitrogen and oxygen atoms in total. The Morgan fingerprint density at radius 1 is 1.00 bits per heavy atom. The molecule has 0 saturated heterocycles. The number of hydrogen-bond donors (Lipinski definition) is 0. The Kier molecular flexibility index (Phi) is 4.92. The molecule has 2 aromatic carbocycles. The molecule has 2 aromatic rings. The van der Waals surface area contributed by atoms with Crippen molar-refractivity contribution in [2.75, 3.05) is 0 Å². The summed E-state index contributed by atoms with van der Waals surface area (Å²) >= 11 is 9.97. The molecule has 0 amide bonds. The Morgan fingerprint density at radius 3 is 2.42 bits per heavy atom. The van der Waals surface area contributed by atoms with Crippen LogP contribution in [0.4, 0.5) is 4.39 Å². The molecule has 0 bridgehead atoms. The van der Waals surface area contributed by atoms with Gasteiger partial charge in [0.1, 0.15) is 5.82 Å². The van der Waals surface area contributed by atoms with Crippen LogP contribution in [0.1, 0.15) is 15.9 Å². The fourth-order valence-electron chi connectivity index (χ4n) is 1.64. The second-order valence-corrected chi connectivity index (χ2v) is 6.58. The van der Waals surface area contributed by atoms with E-state index in [4.69, 9.17) is 0 Å². The Balaban J connectivity index is 2.28. The standard InChI is InChI=1S/C14H8Br3FO/c15-9-2-4-12(16)11(6-9)14(19)5-8-1-3-10(18)7-13(8)17/h1-4,6-7H,5H2. The molecule has 0 saturated carbocycles. The lowest BCUT2D eigenvalue weighted by molar-refractivity contribution is 0.0992. The zero-order chi connectivity index (χ0) is 14.0. The molecule has 0 aliphatic carbocycles. The first kappa shape index (κ1) is 14.9. The number of carbonyl (C=O) groups is 1. The highest BCUT2D eigenvalue weighted by Crippen LogP contribution is 2.25. The van der Waals surface area contributed by atoms with Crippen LogP contribution in [0.2, 0.25) is 0 Å². The highest BCUT2D eigenvalue weighted by molar-refractivity contribution is 9.11. The van der Waals surface area contributed by atoms with E-state index < -0.39 is 0 Å². The number of ketones is 1. The molecular formula is C14H8Br3FO. The lowest BCUT2D eigenvalue weighted by Crippen LogP contribution is -2.05. The summed E-state index contributed by atoms with van der Waals surface area (Å²) < 4.78 is 15.2. The lowest BCUT2D eigenvalue weighted by atomic mass is 10.0. The molecule has 0 heterocycles. The van der Waals surface area contributed by atoms with Crippen molar-refractivity contribution in [2.45, 2.75) is 6.42 Å². The van der Waals surface area contributed by atoms with Gasteiger partial charge in [-0.05, 0) is 35.9 Å². The minimum atomic E-state index is -0.327. The minimum absolute atomic E-state index is 0.0273. The summed E-state index contributed by atoms with van der Waals surface area (Å²) in [4.78, 5) is 12.3. The van der Waals surface area contributed by atoms with E-state index in [-0.39, 0.29) is 18.0 Å². The van der Waals surface area contributed by atoms with Crippen LogP contribution in [0.3, 0.4) is 0 Å². The number of benzene rings is 2. The third-order valence-corrected chi connectivity index (χ3v) is 4.52. The number of hydrogen-bond acceptors (Lipinski definition) is 1. The van der Waals surface area contributed by atoms with Crippen molar-refractivity contribution in [1.82, 2.24) is 0 Å². The third kappa shape index (κ3) is 3.74. The molecule has 19 heavy (non-hydrogen) atoms. The van der Waals surface area contributed by atoms with Crippen molar-refractivity contribution in [1.29, 1.82) is 0 Å². The predicted molar refractivity (Wildman–Crippen MR) is 84.0 cm³/mol. The predicted octanol–water partition coefficient (Wildman–Crippen LogP) is 5.54. The fourth-order valence-corrected chi connectivity index (χ4v) is 2.96. The van der Waals surface area contributed by atoms with E-state index in [1.807, 2.05) is 12.1 Å². The fraction of sp³-hybridized carbons (Fsp3) is 0.0714. The summed E-state index contributed by atoms with van der Waals surface area (Å²) in [6.45, 7) is 0. The van der Waals surface area contributed by atoms with Crippen molar-refractivity contribution >= 4 is 53.6 Å². The smallest absolute Gasteiger partial charge is 0.168 e. The summed E-state index contributed by atoms with van der Waals surface area (Å²) in [6, 6.07) is 9.76. The topological polar surface area (TPSA) is 17.1 Å². The van der Waals surface area contributed by atoms with Crippen molar-refractivity contribution < 1.29 is 9.18 Å². The van der Waals surface area contributed by atoms with E-state index in [0.29, 0.717) is 10.0 Å². The first-order valence-electron chi connectivity index (χ1n) is 5.39. The molecule has 0 fully saturated rings. The largest absolute Gasteiger partial charge is 0.294 e. The maximum atomic E-state index is 13.0. The summed E-state index contributed by atoms with van der Waals surface area (Å²) in [5, 5.41) is 0. The van der Waals surface area contributed by atoms with Crippen molar-refractivity contribution in [3.05, 3.63) is 66.8 Å². The lowest BCUT2D eigenvalue weighted by Gasteiger charge is -2.06. The first-order valence-corrected chi connectivity index (χ1v) is 7.77. The molecule has 0 unspecified atom stereocenters. The van der Waals surface area contributed by atoms with Crippen LogP contribution in [0.25, 0.3) is 0 Å². The van der Waals surface area contributed by atoms with E-state index >= 15 is 0 Å². The zero-order valence-corrected chi connectivity index (χ0v) is 14.3. The average molecular weight is 451 g/mol. The van der Waals surface area contributed by atoms with Crippen molar-refractivity contribution in [2.24, 2.45) is 0 Å². The van der Waals surface area contributed by atoms with Gasteiger partial charge in [-0.1, -0.05) is 53.9 Å². The van der Waals surface area contributed by atoms with E-state index in [1.165, 1.54) is 12.1 Å². The molecule has 0 aromatic heterocycles. The van der Waals surface area contributed by atoms with Gasteiger partial charge in [-0.3, -0.25) is 4.79 Å². The molecule has 0 aliphatic rings. The summed E-state index contributed by atoms with van der Waals surface area (Å²) in [5.41, 5.74) is 1.36. The Bertz CT molecular complexity index is 641. The van der Waals surface area contributed by atoms with Crippen LogP contribution in [0.5, 0.6) is 0 Å². The molecule has 0 spiro atoms. The zero-order valence-electron chi connectivity index (χ0n) is 9.59. The molecule has 0 atom stereocenters. The van der Waals surface area contributed by atoms with E-state index in [0.717, 1.165) is 14.5 Å². The third-order valence-electron chi connectivity index (χ3n) is 2.59.